The van der Waals surface area contributed by atoms with Crippen molar-refractivity contribution in [3.63, 3.8) is 0 Å². The van der Waals surface area contributed by atoms with E-state index < -0.39 is 0 Å². The summed E-state index contributed by atoms with van der Waals surface area (Å²) >= 11 is 0. The van der Waals surface area contributed by atoms with Crippen molar-refractivity contribution >= 4 is 22.4 Å². The maximum Gasteiger partial charge on any atom is 0.162 e. The van der Waals surface area contributed by atoms with E-state index in [4.69, 9.17) is 9.47 Å². The molecule has 1 heterocycles. The zero-order chi connectivity index (χ0) is 16.4. The number of methoxy groups -OCH3 is 2. The summed E-state index contributed by atoms with van der Waals surface area (Å²) in [5.74, 6) is 2.04. The molecule has 0 aliphatic carbocycles. The Labute approximate surface area is 135 Å². The lowest BCUT2D eigenvalue weighted by Crippen LogP contribution is -1.99. The minimum Gasteiger partial charge on any atom is -0.493 e. The molecule has 0 bridgehead atoms. The first-order valence-electron chi connectivity index (χ1n) is 7.33. The average molecular weight is 309 g/mol. The van der Waals surface area contributed by atoms with E-state index in [2.05, 4.69) is 47.3 Å². The molecule has 1 aromatic heterocycles. The first-order chi connectivity index (χ1) is 11.1. The highest BCUT2D eigenvalue weighted by Crippen LogP contribution is 2.34. The number of fused-ring (bicyclic) bond motifs is 1. The zero-order valence-electron chi connectivity index (χ0n) is 13.7. The van der Waals surface area contributed by atoms with E-state index in [0.29, 0.717) is 11.5 Å². The second-order valence-electron chi connectivity index (χ2n) is 5.39. The van der Waals surface area contributed by atoms with Gasteiger partial charge in [0.05, 0.1) is 19.7 Å². The number of benzene rings is 2. The van der Waals surface area contributed by atoms with Gasteiger partial charge < -0.3 is 14.8 Å². The molecule has 0 spiro atoms. The molecule has 118 valence electrons. The van der Waals surface area contributed by atoms with E-state index in [1.54, 1.807) is 20.5 Å². The topological polar surface area (TPSA) is 56.3 Å². The summed E-state index contributed by atoms with van der Waals surface area (Å²) in [6, 6.07) is 10.0. The molecule has 0 aliphatic heterocycles. The van der Waals surface area contributed by atoms with E-state index in [1.807, 2.05) is 12.1 Å². The molecular weight excluding hydrogens is 290 g/mol. The third-order valence-electron chi connectivity index (χ3n) is 3.79. The van der Waals surface area contributed by atoms with Crippen LogP contribution in [0.1, 0.15) is 11.1 Å². The Kier molecular flexibility index (Phi) is 4.02. The first-order valence-corrected chi connectivity index (χ1v) is 7.33. The highest BCUT2D eigenvalue weighted by atomic mass is 16.5. The maximum atomic E-state index is 5.38. The van der Waals surface area contributed by atoms with Crippen molar-refractivity contribution in [2.24, 2.45) is 0 Å². The van der Waals surface area contributed by atoms with Gasteiger partial charge in [0.2, 0.25) is 0 Å². The predicted molar refractivity (Wildman–Crippen MR) is 91.8 cm³/mol. The monoisotopic (exact) mass is 309 g/mol. The Bertz CT molecular complexity index is 862. The molecule has 2 aromatic carbocycles. The Morgan fingerprint density at radius 3 is 2.39 bits per heavy atom. The summed E-state index contributed by atoms with van der Waals surface area (Å²) in [5.41, 5.74) is 4.17. The summed E-state index contributed by atoms with van der Waals surface area (Å²) in [6.07, 6.45) is 1.54. The molecule has 0 radical (unpaired) electrons. The molecule has 0 fully saturated rings. The molecule has 0 aliphatic rings. The van der Waals surface area contributed by atoms with Crippen LogP contribution in [0.3, 0.4) is 0 Å². The Hall–Kier alpha value is -2.82. The minimum atomic E-state index is 0.649. The number of aryl methyl sites for hydroxylation is 2. The fourth-order valence-corrected chi connectivity index (χ4v) is 2.48. The molecule has 0 saturated heterocycles. The number of anilines is 2. The van der Waals surface area contributed by atoms with Gasteiger partial charge in [-0.2, -0.15) is 0 Å². The molecule has 0 saturated carbocycles. The average Bonchev–Trinajstić information content (AvgIpc) is 2.57. The summed E-state index contributed by atoms with van der Waals surface area (Å²) in [4.78, 5) is 8.71. The van der Waals surface area contributed by atoms with E-state index in [1.165, 1.54) is 5.56 Å². The van der Waals surface area contributed by atoms with E-state index in [-0.39, 0.29) is 0 Å². The van der Waals surface area contributed by atoms with Crippen LogP contribution in [0.2, 0.25) is 0 Å². The number of rotatable bonds is 4. The normalized spacial score (nSPS) is 10.6. The molecule has 1 N–H and O–H groups in total. The van der Waals surface area contributed by atoms with Gasteiger partial charge in [-0.25, -0.2) is 9.97 Å². The highest BCUT2D eigenvalue weighted by Gasteiger charge is 2.11. The van der Waals surface area contributed by atoms with Crippen molar-refractivity contribution < 1.29 is 9.47 Å². The Balaban J connectivity index is 2.12. The Morgan fingerprint density at radius 2 is 1.65 bits per heavy atom. The summed E-state index contributed by atoms with van der Waals surface area (Å²) in [6.45, 7) is 4.13. The summed E-state index contributed by atoms with van der Waals surface area (Å²) in [5, 5.41) is 4.28. The zero-order valence-corrected chi connectivity index (χ0v) is 13.7. The number of hydrogen-bond acceptors (Lipinski definition) is 5. The van der Waals surface area contributed by atoms with Gasteiger partial charge in [-0.3, -0.25) is 0 Å². The number of aromatic nitrogens is 2. The van der Waals surface area contributed by atoms with Crippen LogP contribution in [0.25, 0.3) is 10.9 Å². The van der Waals surface area contributed by atoms with Gasteiger partial charge >= 0.3 is 0 Å². The van der Waals surface area contributed by atoms with Crippen molar-refractivity contribution in [3.8, 4) is 11.5 Å². The number of nitrogens with one attached hydrogen (secondary N) is 1. The van der Waals surface area contributed by atoms with Gasteiger partial charge in [0.25, 0.3) is 0 Å². The Morgan fingerprint density at radius 1 is 0.913 bits per heavy atom. The minimum absolute atomic E-state index is 0.649. The van der Waals surface area contributed by atoms with Crippen LogP contribution in [-0.2, 0) is 0 Å². The molecular formula is C18H19N3O2. The third-order valence-corrected chi connectivity index (χ3v) is 3.79. The second-order valence-corrected chi connectivity index (χ2v) is 5.39. The molecule has 5 heteroatoms. The predicted octanol–water partition coefficient (Wildman–Crippen LogP) is 4.01. The van der Waals surface area contributed by atoms with E-state index >= 15 is 0 Å². The van der Waals surface area contributed by atoms with Crippen molar-refractivity contribution in [3.05, 3.63) is 47.8 Å². The third kappa shape index (κ3) is 2.90. The van der Waals surface area contributed by atoms with Gasteiger partial charge in [0, 0.05) is 17.1 Å². The molecule has 3 aromatic rings. The number of nitrogens with zero attached hydrogens (tertiary/aromatic N) is 2. The fraction of sp³-hybridized carbons (Fsp3) is 0.222. The summed E-state index contributed by atoms with van der Waals surface area (Å²) in [7, 11) is 3.23. The summed E-state index contributed by atoms with van der Waals surface area (Å²) < 4.78 is 10.7. The second kappa shape index (κ2) is 6.12. The molecule has 0 unspecified atom stereocenters. The molecule has 0 amide bonds. The molecule has 5 nitrogen and oxygen atoms in total. The van der Waals surface area contributed by atoms with Gasteiger partial charge in [0.1, 0.15) is 12.1 Å². The van der Waals surface area contributed by atoms with Crippen LogP contribution < -0.4 is 14.8 Å². The van der Waals surface area contributed by atoms with Crippen molar-refractivity contribution in [1.29, 1.82) is 0 Å². The number of ether oxygens (including phenoxy) is 2. The van der Waals surface area contributed by atoms with Gasteiger partial charge in [0.15, 0.2) is 11.5 Å². The van der Waals surface area contributed by atoms with Crippen LogP contribution in [0.4, 0.5) is 11.5 Å². The van der Waals surface area contributed by atoms with E-state index in [9.17, 15) is 0 Å². The van der Waals surface area contributed by atoms with Gasteiger partial charge in [-0.15, -0.1) is 0 Å². The van der Waals surface area contributed by atoms with Crippen molar-refractivity contribution in [2.45, 2.75) is 13.8 Å². The highest BCUT2D eigenvalue weighted by molar-refractivity contribution is 5.93. The van der Waals surface area contributed by atoms with Gasteiger partial charge in [-0.05, 0) is 37.1 Å². The van der Waals surface area contributed by atoms with Crippen molar-refractivity contribution in [2.75, 3.05) is 19.5 Å². The lowest BCUT2D eigenvalue weighted by molar-refractivity contribution is 0.356. The van der Waals surface area contributed by atoms with Crippen LogP contribution in [0.15, 0.2) is 36.7 Å². The lowest BCUT2D eigenvalue weighted by atomic mass is 10.1. The molecule has 23 heavy (non-hydrogen) atoms. The quantitative estimate of drug-likeness (QED) is 0.789. The van der Waals surface area contributed by atoms with Crippen LogP contribution >= 0.6 is 0 Å². The first kappa shape index (κ1) is 15.1. The van der Waals surface area contributed by atoms with Crippen molar-refractivity contribution in [1.82, 2.24) is 9.97 Å². The number of hydrogen-bond donors (Lipinski definition) is 1. The largest absolute Gasteiger partial charge is 0.493 e. The smallest absolute Gasteiger partial charge is 0.162 e. The maximum absolute atomic E-state index is 5.38. The molecule has 3 rings (SSSR count). The molecule has 0 atom stereocenters. The van der Waals surface area contributed by atoms with Crippen LogP contribution in [-0.4, -0.2) is 24.2 Å². The lowest BCUT2D eigenvalue weighted by Gasteiger charge is -2.13. The van der Waals surface area contributed by atoms with E-state index in [0.717, 1.165) is 28.0 Å². The fourth-order valence-electron chi connectivity index (χ4n) is 2.48. The standard InChI is InChI=1S/C18H19N3O2/c1-11-5-6-12(2)14(7-11)21-18-13-8-16(22-3)17(23-4)9-15(13)19-10-20-18/h5-10H,1-4H3,(H,19,20,21). The van der Waals surface area contributed by atoms with Crippen LogP contribution in [0.5, 0.6) is 11.5 Å². The van der Waals surface area contributed by atoms with Gasteiger partial charge in [-0.1, -0.05) is 12.1 Å². The SMILES string of the molecule is COc1cc2ncnc(Nc3cc(C)ccc3C)c2cc1OC. The van der Waals surface area contributed by atoms with Crippen LogP contribution in [0, 0.1) is 13.8 Å².